The van der Waals surface area contributed by atoms with Crippen LogP contribution in [-0.2, 0) is 0 Å². The Morgan fingerprint density at radius 1 is 0.641 bits per heavy atom. The van der Waals surface area contributed by atoms with Crippen LogP contribution in [0.4, 0.5) is 5.69 Å². The van der Waals surface area contributed by atoms with Crippen molar-refractivity contribution in [2.75, 3.05) is 0 Å². The molecule has 6 heteroatoms. The van der Waals surface area contributed by atoms with Crippen LogP contribution in [0.3, 0.4) is 0 Å². The highest BCUT2D eigenvalue weighted by Crippen LogP contribution is 2.38. The van der Waals surface area contributed by atoms with E-state index in [1.54, 1.807) is 24.5 Å². The average Bonchev–Trinajstić information content (AvgIpc) is 3.33. The van der Waals surface area contributed by atoms with E-state index in [-0.39, 0.29) is 0 Å². The quantitative estimate of drug-likeness (QED) is 0.226. The van der Waals surface area contributed by atoms with E-state index in [1.807, 2.05) is 12.1 Å². The van der Waals surface area contributed by atoms with Gasteiger partial charge in [0.15, 0.2) is 11.3 Å². The number of hydrogen-bond acceptors (Lipinski definition) is 4. The van der Waals surface area contributed by atoms with Gasteiger partial charge >= 0.3 is 0 Å². The summed E-state index contributed by atoms with van der Waals surface area (Å²) in [6.45, 7) is 7.33. The van der Waals surface area contributed by atoms with Crippen molar-refractivity contribution in [3.8, 4) is 17.2 Å². The number of benzene rings is 5. The minimum atomic E-state index is 0.516. The molecule has 3 heterocycles. The molecule has 180 valence electrons. The van der Waals surface area contributed by atoms with E-state index in [9.17, 15) is 0 Å². The lowest BCUT2D eigenvalue weighted by atomic mass is 10.0. The normalized spacial score (nSPS) is 11.6. The van der Waals surface area contributed by atoms with Gasteiger partial charge in [-0.3, -0.25) is 4.57 Å². The van der Waals surface area contributed by atoms with Gasteiger partial charge in [-0.05, 0) is 28.3 Å². The van der Waals surface area contributed by atoms with Gasteiger partial charge in [0.05, 0.1) is 17.6 Å². The minimum Gasteiger partial charge on any atom is -0.277 e. The SMILES string of the molecule is [C-]#[N+]c1ccc(-c2nc(-n3c4cc5ccccc5cc4c4ccc5ccccc5c43)nc3nccnc23)cc1. The molecule has 0 saturated heterocycles. The van der Waals surface area contributed by atoms with Crippen LogP contribution in [0.1, 0.15) is 0 Å². The summed E-state index contributed by atoms with van der Waals surface area (Å²) in [5.74, 6) is 0.527. The van der Waals surface area contributed by atoms with Gasteiger partial charge in [0.2, 0.25) is 5.95 Å². The van der Waals surface area contributed by atoms with Crippen molar-refractivity contribution in [3.05, 3.63) is 121 Å². The first-order chi connectivity index (χ1) is 19.3. The van der Waals surface area contributed by atoms with Crippen LogP contribution in [0, 0.1) is 6.57 Å². The van der Waals surface area contributed by atoms with Crippen molar-refractivity contribution in [3.63, 3.8) is 0 Å². The van der Waals surface area contributed by atoms with Gasteiger partial charge in [-0.1, -0.05) is 84.9 Å². The van der Waals surface area contributed by atoms with Crippen LogP contribution in [0.25, 0.3) is 76.6 Å². The molecular weight excluding hydrogens is 480 g/mol. The first-order valence-electron chi connectivity index (χ1n) is 12.6. The molecule has 39 heavy (non-hydrogen) atoms. The molecule has 0 amide bonds. The molecule has 0 spiro atoms. The maximum absolute atomic E-state index is 7.33. The Kier molecular flexibility index (Phi) is 4.49. The lowest BCUT2D eigenvalue weighted by molar-refractivity contribution is 1.00. The fourth-order valence-electron chi connectivity index (χ4n) is 5.52. The summed E-state index contributed by atoms with van der Waals surface area (Å²) in [6, 6.07) is 33.0. The van der Waals surface area contributed by atoms with Crippen LogP contribution in [0.5, 0.6) is 0 Å². The third-order valence-corrected chi connectivity index (χ3v) is 7.31. The highest BCUT2D eigenvalue weighted by atomic mass is 15.2. The van der Waals surface area contributed by atoms with E-state index in [0.29, 0.717) is 28.5 Å². The number of nitrogens with zero attached hydrogens (tertiary/aromatic N) is 6. The fraction of sp³-hybridized carbons (Fsp3) is 0. The third kappa shape index (κ3) is 3.20. The zero-order valence-electron chi connectivity index (χ0n) is 20.6. The Balaban J connectivity index is 1.55. The first kappa shape index (κ1) is 21.4. The topological polar surface area (TPSA) is 60.9 Å². The van der Waals surface area contributed by atoms with Gasteiger partial charge in [0.25, 0.3) is 0 Å². The molecule has 0 bridgehead atoms. The third-order valence-electron chi connectivity index (χ3n) is 7.31. The summed E-state index contributed by atoms with van der Waals surface area (Å²) in [5, 5.41) is 6.88. The molecule has 0 aliphatic heterocycles. The molecule has 0 N–H and O–H groups in total. The van der Waals surface area contributed by atoms with Gasteiger partial charge in [-0.2, -0.15) is 4.98 Å². The molecular formula is C33H18N6. The fourth-order valence-corrected chi connectivity index (χ4v) is 5.52. The van der Waals surface area contributed by atoms with Crippen LogP contribution in [0.15, 0.2) is 109 Å². The zero-order chi connectivity index (χ0) is 25.9. The highest BCUT2D eigenvalue weighted by molar-refractivity contribution is 6.20. The van der Waals surface area contributed by atoms with Gasteiger partial charge in [0, 0.05) is 34.1 Å². The van der Waals surface area contributed by atoms with Gasteiger partial charge in [-0.25, -0.2) is 19.8 Å². The smallest absolute Gasteiger partial charge is 0.237 e. The monoisotopic (exact) mass is 498 g/mol. The zero-order valence-corrected chi connectivity index (χ0v) is 20.6. The van der Waals surface area contributed by atoms with Crippen LogP contribution in [-0.4, -0.2) is 24.5 Å². The van der Waals surface area contributed by atoms with Crippen molar-refractivity contribution in [1.29, 1.82) is 0 Å². The van der Waals surface area contributed by atoms with Crippen molar-refractivity contribution in [2.24, 2.45) is 0 Å². The Morgan fingerprint density at radius 3 is 2.21 bits per heavy atom. The molecule has 0 aliphatic rings. The lowest BCUT2D eigenvalue weighted by Gasteiger charge is -2.12. The predicted octanol–water partition coefficient (Wildman–Crippen LogP) is 8.04. The molecule has 8 rings (SSSR count). The summed E-state index contributed by atoms with van der Waals surface area (Å²) in [7, 11) is 0. The number of fused-ring (bicyclic) bond motifs is 7. The first-order valence-corrected chi connectivity index (χ1v) is 12.6. The molecule has 6 nitrogen and oxygen atoms in total. The minimum absolute atomic E-state index is 0.516. The molecule has 3 aromatic heterocycles. The van der Waals surface area contributed by atoms with E-state index in [1.165, 1.54) is 5.39 Å². The summed E-state index contributed by atoms with van der Waals surface area (Å²) in [5.41, 5.74) is 5.32. The van der Waals surface area contributed by atoms with E-state index in [0.717, 1.165) is 43.5 Å². The van der Waals surface area contributed by atoms with Gasteiger partial charge in [0.1, 0.15) is 11.2 Å². The summed E-state index contributed by atoms with van der Waals surface area (Å²) in [6.07, 6.45) is 3.31. The largest absolute Gasteiger partial charge is 0.277 e. The second-order valence-corrected chi connectivity index (χ2v) is 9.49. The molecule has 0 saturated carbocycles. The number of rotatable bonds is 2. The Labute approximate surface area is 222 Å². The maximum Gasteiger partial charge on any atom is 0.237 e. The van der Waals surface area contributed by atoms with Crippen LogP contribution in [0.2, 0.25) is 0 Å². The van der Waals surface area contributed by atoms with E-state index in [2.05, 4.69) is 92.2 Å². The van der Waals surface area contributed by atoms with E-state index >= 15 is 0 Å². The maximum atomic E-state index is 7.33. The summed E-state index contributed by atoms with van der Waals surface area (Å²) < 4.78 is 2.16. The molecule has 0 unspecified atom stereocenters. The Bertz CT molecular complexity index is 2290. The van der Waals surface area contributed by atoms with Crippen molar-refractivity contribution < 1.29 is 0 Å². The van der Waals surface area contributed by atoms with Gasteiger partial charge in [-0.15, -0.1) is 0 Å². The Hall–Kier alpha value is -5.67. The van der Waals surface area contributed by atoms with Crippen molar-refractivity contribution in [1.82, 2.24) is 24.5 Å². The number of hydrogen-bond donors (Lipinski definition) is 0. The van der Waals surface area contributed by atoms with Crippen LogP contribution >= 0.6 is 0 Å². The Morgan fingerprint density at radius 2 is 1.38 bits per heavy atom. The predicted molar refractivity (Wildman–Crippen MR) is 156 cm³/mol. The van der Waals surface area contributed by atoms with E-state index < -0.39 is 0 Å². The number of aromatic nitrogens is 5. The molecule has 0 aliphatic carbocycles. The average molecular weight is 499 g/mol. The van der Waals surface area contributed by atoms with Gasteiger partial charge < -0.3 is 0 Å². The molecule has 0 radical (unpaired) electrons. The molecule has 5 aromatic carbocycles. The van der Waals surface area contributed by atoms with Crippen LogP contribution < -0.4 is 0 Å². The molecule has 0 fully saturated rings. The highest BCUT2D eigenvalue weighted by Gasteiger charge is 2.20. The van der Waals surface area contributed by atoms with E-state index in [4.69, 9.17) is 16.5 Å². The summed E-state index contributed by atoms with van der Waals surface area (Å²) in [4.78, 5) is 22.8. The summed E-state index contributed by atoms with van der Waals surface area (Å²) >= 11 is 0. The van der Waals surface area contributed by atoms with Crippen molar-refractivity contribution in [2.45, 2.75) is 0 Å². The molecule has 8 aromatic rings. The standard InChI is InChI=1S/C33H18N6/c1-34-24-13-10-21(11-14-24)29-30-32(36-17-16-35-30)38-33(37-29)39-28-19-23-8-3-2-7-22(23)18-27(28)26-15-12-20-6-4-5-9-25(20)31(26)39/h2-19H. The second kappa shape index (κ2) is 8.17. The van der Waals surface area contributed by atoms with Crippen molar-refractivity contribution >= 4 is 60.2 Å². The molecule has 0 atom stereocenters. The lowest BCUT2D eigenvalue weighted by Crippen LogP contribution is -2.05. The second-order valence-electron chi connectivity index (χ2n) is 9.49.